The Labute approximate surface area is 99.8 Å². The molecule has 86 valence electrons. The lowest BCUT2D eigenvalue weighted by atomic mass is 10.3. The molecule has 7 heteroatoms. The average Bonchev–Trinajstić information content (AvgIpc) is 2.81. The van der Waals surface area contributed by atoms with Crippen LogP contribution in [0.15, 0.2) is 27.4 Å². The van der Waals surface area contributed by atoms with Gasteiger partial charge in [0.1, 0.15) is 11.6 Å². The molecule has 0 fully saturated rings. The van der Waals surface area contributed by atoms with Crippen molar-refractivity contribution in [3.8, 4) is 6.07 Å². The fourth-order valence-electron chi connectivity index (χ4n) is 1.35. The number of nitrogens with zero attached hydrogens (tertiary/aromatic N) is 3. The summed E-state index contributed by atoms with van der Waals surface area (Å²) in [6.45, 7) is 0.387. The molecule has 2 rings (SSSR count). The predicted octanol–water partition coefficient (Wildman–Crippen LogP) is 0.107. The number of hydrogen-bond acceptors (Lipinski definition) is 5. The average molecular weight is 248 g/mol. The first-order chi connectivity index (χ1) is 8.20. The highest BCUT2D eigenvalue weighted by atomic mass is 32.1. The monoisotopic (exact) mass is 248 g/mol. The minimum absolute atomic E-state index is 0.0660. The predicted molar refractivity (Wildman–Crippen MR) is 61.9 cm³/mol. The zero-order valence-electron chi connectivity index (χ0n) is 8.71. The molecule has 0 radical (unpaired) electrons. The van der Waals surface area contributed by atoms with Crippen LogP contribution < -0.4 is 11.2 Å². The molecule has 0 atom stereocenters. The number of aryl methyl sites for hydroxylation is 2. The first-order valence-corrected chi connectivity index (χ1v) is 5.71. The smallest absolute Gasteiger partial charge is 0.299 e. The summed E-state index contributed by atoms with van der Waals surface area (Å²) in [4.78, 5) is 28.8. The highest BCUT2D eigenvalue weighted by Gasteiger charge is 2.04. The van der Waals surface area contributed by atoms with E-state index < -0.39 is 11.2 Å². The van der Waals surface area contributed by atoms with E-state index in [1.807, 2.05) is 5.38 Å². The largest absolute Gasteiger partial charge is 0.328 e. The van der Waals surface area contributed by atoms with E-state index in [0.29, 0.717) is 13.0 Å². The van der Waals surface area contributed by atoms with Gasteiger partial charge in [0.05, 0.1) is 5.01 Å². The SMILES string of the molecule is N#Cc1cn(CCc2nccs2)c(=O)[nH]c1=O. The van der Waals surface area contributed by atoms with Gasteiger partial charge in [-0.05, 0) is 0 Å². The van der Waals surface area contributed by atoms with Gasteiger partial charge in [-0.15, -0.1) is 11.3 Å². The molecule has 0 aliphatic heterocycles. The van der Waals surface area contributed by atoms with E-state index in [9.17, 15) is 9.59 Å². The molecule has 0 saturated heterocycles. The fourth-order valence-corrected chi connectivity index (χ4v) is 1.96. The number of aromatic nitrogens is 3. The van der Waals surface area contributed by atoms with Crippen LogP contribution >= 0.6 is 11.3 Å². The standard InChI is InChI=1S/C10H8N4O2S/c11-5-7-6-14(10(16)13-9(7)15)3-1-8-12-2-4-17-8/h2,4,6H,1,3H2,(H,13,15,16). The Hall–Kier alpha value is -2.20. The van der Waals surface area contributed by atoms with Gasteiger partial charge in [0.25, 0.3) is 5.56 Å². The van der Waals surface area contributed by atoms with Gasteiger partial charge in [-0.3, -0.25) is 14.3 Å². The Bertz CT molecular complexity index is 663. The van der Waals surface area contributed by atoms with Gasteiger partial charge in [0.2, 0.25) is 0 Å². The lowest BCUT2D eigenvalue weighted by molar-refractivity contribution is 0.641. The zero-order chi connectivity index (χ0) is 12.3. The molecule has 0 unspecified atom stereocenters. The van der Waals surface area contributed by atoms with E-state index in [1.54, 1.807) is 12.3 Å². The molecule has 0 aromatic carbocycles. The second-order valence-electron chi connectivity index (χ2n) is 3.28. The molecule has 0 aliphatic carbocycles. The van der Waals surface area contributed by atoms with Crippen LogP contribution in [0.3, 0.4) is 0 Å². The molecule has 6 nitrogen and oxygen atoms in total. The summed E-state index contributed by atoms with van der Waals surface area (Å²) in [5, 5.41) is 11.4. The van der Waals surface area contributed by atoms with Crippen LogP contribution in [0.5, 0.6) is 0 Å². The molecule has 1 N–H and O–H groups in total. The summed E-state index contributed by atoms with van der Waals surface area (Å²) in [6, 6.07) is 1.74. The van der Waals surface area contributed by atoms with E-state index in [4.69, 9.17) is 5.26 Å². The van der Waals surface area contributed by atoms with Crippen molar-refractivity contribution < 1.29 is 0 Å². The van der Waals surface area contributed by atoms with Crippen molar-refractivity contribution in [3.63, 3.8) is 0 Å². The minimum Gasteiger partial charge on any atom is -0.299 e. The molecule has 0 bridgehead atoms. The summed E-state index contributed by atoms with van der Waals surface area (Å²) in [6.07, 6.45) is 3.56. The van der Waals surface area contributed by atoms with Gasteiger partial charge in [-0.1, -0.05) is 0 Å². The van der Waals surface area contributed by atoms with Gasteiger partial charge in [0, 0.05) is 30.7 Å². The Balaban J connectivity index is 2.25. The van der Waals surface area contributed by atoms with Crippen LogP contribution in [0.4, 0.5) is 0 Å². The number of thiazole rings is 1. The van der Waals surface area contributed by atoms with Crippen LogP contribution in [-0.4, -0.2) is 14.5 Å². The highest BCUT2D eigenvalue weighted by molar-refractivity contribution is 7.09. The molecule has 17 heavy (non-hydrogen) atoms. The lowest BCUT2D eigenvalue weighted by Crippen LogP contribution is -2.31. The van der Waals surface area contributed by atoms with Crippen LogP contribution in [0.2, 0.25) is 0 Å². The van der Waals surface area contributed by atoms with E-state index in [0.717, 1.165) is 5.01 Å². The third kappa shape index (κ3) is 2.49. The van der Waals surface area contributed by atoms with Crippen LogP contribution in [-0.2, 0) is 13.0 Å². The van der Waals surface area contributed by atoms with E-state index in [-0.39, 0.29) is 5.56 Å². The van der Waals surface area contributed by atoms with E-state index >= 15 is 0 Å². The maximum Gasteiger partial charge on any atom is 0.328 e. The topological polar surface area (TPSA) is 91.5 Å². The van der Waals surface area contributed by atoms with Gasteiger partial charge < -0.3 is 0 Å². The van der Waals surface area contributed by atoms with Crippen LogP contribution in [0.25, 0.3) is 0 Å². The second kappa shape index (κ2) is 4.76. The Morgan fingerprint density at radius 2 is 2.35 bits per heavy atom. The molecule has 0 amide bonds. The number of rotatable bonds is 3. The first kappa shape index (κ1) is 11.3. The number of nitriles is 1. The molecule has 2 heterocycles. The highest BCUT2D eigenvalue weighted by Crippen LogP contribution is 2.05. The summed E-state index contributed by atoms with van der Waals surface area (Å²) in [7, 11) is 0. The molecule has 0 saturated carbocycles. The van der Waals surface area contributed by atoms with Crippen LogP contribution in [0, 0.1) is 11.3 Å². The van der Waals surface area contributed by atoms with Crippen molar-refractivity contribution >= 4 is 11.3 Å². The molecule has 0 aliphatic rings. The van der Waals surface area contributed by atoms with Crippen LogP contribution in [0.1, 0.15) is 10.6 Å². The van der Waals surface area contributed by atoms with Gasteiger partial charge >= 0.3 is 5.69 Å². The molecular formula is C10H8N4O2S. The second-order valence-corrected chi connectivity index (χ2v) is 4.26. The number of nitrogens with one attached hydrogen (secondary N) is 1. The molecular weight excluding hydrogens is 240 g/mol. The fraction of sp³-hybridized carbons (Fsp3) is 0.200. The Morgan fingerprint density at radius 3 is 3.00 bits per heavy atom. The lowest BCUT2D eigenvalue weighted by Gasteiger charge is -2.02. The van der Waals surface area contributed by atoms with Gasteiger partial charge in [-0.25, -0.2) is 9.78 Å². The number of H-pyrrole nitrogens is 1. The molecule has 0 spiro atoms. The van der Waals surface area contributed by atoms with Gasteiger partial charge in [0.15, 0.2) is 0 Å². The third-order valence-corrected chi connectivity index (χ3v) is 3.02. The Morgan fingerprint density at radius 1 is 1.53 bits per heavy atom. The summed E-state index contributed by atoms with van der Waals surface area (Å²) < 4.78 is 1.31. The van der Waals surface area contributed by atoms with Crippen molar-refractivity contribution in [2.24, 2.45) is 0 Å². The van der Waals surface area contributed by atoms with E-state index in [2.05, 4.69) is 9.97 Å². The van der Waals surface area contributed by atoms with E-state index in [1.165, 1.54) is 22.1 Å². The van der Waals surface area contributed by atoms with Crippen molar-refractivity contribution in [1.29, 1.82) is 5.26 Å². The number of hydrogen-bond donors (Lipinski definition) is 1. The zero-order valence-corrected chi connectivity index (χ0v) is 9.53. The summed E-state index contributed by atoms with van der Waals surface area (Å²) >= 11 is 1.50. The Kier molecular flexibility index (Phi) is 3.16. The maximum atomic E-state index is 11.4. The summed E-state index contributed by atoms with van der Waals surface area (Å²) in [5.74, 6) is 0. The molecule has 2 aromatic rings. The normalized spacial score (nSPS) is 10.1. The van der Waals surface area contributed by atoms with Crippen molar-refractivity contribution in [2.75, 3.05) is 0 Å². The maximum absolute atomic E-state index is 11.4. The number of aromatic amines is 1. The third-order valence-electron chi connectivity index (χ3n) is 2.18. The quantitative estimate of drug-likeness (QED) is 0.834. The minimum atomic E-state index is -0.650. The first-order valence-electron chi connectivity index (χ1n) is 4.83. The van der Waals surface area contributed by atoms with Gasteiger partial charge in [-0.2, -0.15) is 5.26 Å². The van der Waals surface area contributed by atoms with Crippen molar-refractivity contribution in [1.82, 2.24) is 14.5 Å². The van der Waals surface area contributed by atoms with Crippen molar-refractivity contribution in [2.45, 2.75) is 13.0 Å². The molecule has 2 aromatic heterocycles. The van der Waals surface area contributed by atoms with Crippen molar-refractivity contribution in [3.05, 3.63) is 49.2 Å². The summed E-state index contributed by atoms with van der Waals surface area (Å²) in [5.41, 5.74) is -1.22.